The predicted molar refractivity (Wildman–Crippen MR) is 135 cm³/mol. The number of hydrogen-bond donors (Lipinski definition) is 1. The summed E-state index contributed by atoms with van der Waals surface area (Å²) in [5.41, 5.74) is 3.73. The summed E-state index contributed by atoms with van der Waals surface area (Å²) in [5, 5.41) is 9.20. The van der Waals surface area contributed by atoms with Gasteiger partial charge in [-0.15, -0.1) is 11.3 Å². The van der Waals surface area contributed by atoms with Crippen molar-refractivity contribution in [3.63, 3.8) is 0 Å². The van der Waals surface area contributed by atoms with Crippen LogP contribution >= 0.6 is 23.1 Å². The van der Waals surface area contributed by atoms with Crippen molar-refractivity contribution in [2.24, 2.45) is 0 Å². The van der Waals surface area contributed by atoms with Crippen LogP contribution in [0.25, 0.3) is 15.9 Å². The molecule has 170 valence electrons. The zero-order chi connectivity index (χ0) is 23.7. The first-order valence-corrected chi connectivity index (χ1v) is 12.4. The van der Waals surface area contributed by atoms with Gasteiger partial charge in [0, 0.05) is 15.2 Å². The van der Waals surface area contributed by atoms with Gasteiger partial charge >= 0.3 is 0 Å². The third-order valence-corrected chi connectivity index (χ3v) is 7.89. The maximum atomic E-state index is 13.3. The third-order valence-electron chi connectivity index (χ3n) is 5.69. The third kappa shape index (κ3) is 4.32. The van der Waals surface area contributed by atoms with Crippen molar-refractivity contribution in [2.45, 2.75) is 36.7 Å². The van der Waals surface area contributed by atoms with Gasteiger partial charge in [-0.3, -0.25) is 4.79 Å². The first-order valence-electron chi connectivity index (χ1n) is 10.7. The van der Waals surface area contributed by atoms with Crippen LogP contribution in [-0.4, -0.2) is 30.6 Å². The van der Waals surface area contributed by atoms with Gasteiger partial charge in [-0.05, 0) is 56.2 Å². The van der Waals surface area contributed by atoms with Crippen LogP contribution < -0.4 is 5.32 Å². The van der Waals surface area contributed by atoms with Crippen LogP contribution in [-0.2, 0) is 0 Å². The van der Waals surface area contributed by atoms with Crippen LogP contribution in [0.2, 0.25) is 0 Å². The molecule has 0 aliphatic carbocycles. The molecule has 0 radical (unpaired) electrons. The Kier molecular flexibility index (Phi) is 6.12. The quantitative estimate of drug-likeness (QED) is 0.318. The second kappa shape index (κ2) is 9.36. The molecular weight excluding hydrogens is 464 g/mol. The monoisotopic (exact) mass is 486 g/mol. The largest absolute Gasteiger partial charge is 0.345 e. The van der Waals surface area contributed by atoms with E-state index in [0.717, 1.165) is 31.4 Å². The Morgan fingerprint density at radius 1 is 1.06 bits per heavy atom. The number of amides is 1. The summed E-state index contributed by atoms with van der Waals surface area (Å²) in [4.78, 5) is 29.2. The van der Waals surface area contributed by atoms with Gasteiger partial charge in [0.05, 0.1) is 17.3 Å². The molecule has 1 unspecified atom stereocenters. The molecular formula is C25H22N6OS2. The Morgan fingerprint density at radius 3 is 2.62 bits per heavy atom. The van der Waals surface area contributed by atoms with Crippen molar-refractivity contribution in [1.29, 1.82) is 0 Å². The lowest BCUT2D eigenvalue weighted by molar-refractivity contribution is 0.0937. The summed E-state index contributed by atoms with van der Waals surface area (Å²) in [5.74, 6) is -0.125. The highest BCUT2D eigenvalue weighted by molar-refractivity contribution is 7.99. The lowest BCUT2D eigenvalue weighted by Gasteiger charge is -2.16. The van der Waals surface area contributed by atoms with Crippen LogP contribution in [0, 0.1) is 13.8 Å². The number of nitrogens with zero attached hydrogens (tertiary/aromatic N) is 5. The number of aromatic nitrogens is 5. The number of carbonyl (C=O) groups excluding carboxylic acids is 1. The molecule has 0 fully saturated rings. The van der Waals surface area contributed by atoms with E-state index in [1.54, 1.807) is 28.7 Å². The smallest absolute Gasteiger partial charge is 0.252 e. The highest BCUT2D eigenvalue weighted by Gasteiger charge is 2.18. The lowest BCUT2D eigenvalue weighted by atomic mass is 10.1. The molecule has 5 aromatic rings. The minimum atomic E-state index is -0.164. The summed E-state index contributed by atoms with van der Waals surface area (Å²) in [6.45, 7) is 6.16. The molecule has 3 aromatic heterocycles. The van der Waals surface area contributed by atoms with Crippen LogP contribution in [0.3, 0.4) is 0 Å². The molecule has 3 heterocycles. The molecule has 1 N–H and O–H groups in total. The van der Waals surface area contributed by atoms with Crippen LogP contribution in [0.15, 0.2) is 77.4 Å². The normalized spacial score (nSPS) is 12.1. The average molecular weight is 487 g/mol. The second-order valence-corrected chi connectivity index (χ2v) is 10.1. The summed E-state index contributed by atoms with van der Waals surface area (Å²) in [7, 11) is 0. The van der Waals surface area contributed by atoms with Crippen molar-refractivity contribution in [1.82, 2.24) is 30.0 Å². The van der Waals surface area contributed by atoms with Gasteiger partial charge in [-0.2, -0.15) is 5.10 Å². The molecule has 0 aliphatic rings. The van der Waals surface area contributed by atoms with E-state index in [1.807, 2.05) is 55.5 Å². The summed E-state index contributed by atoms with van der Waals surface area (Å²) in [6, 6.07) is 15.4. The minimum Gasteiger partial charge on any atom is -0.345 e. The second-order valence-electron chi connectivity index (χ2n) is 7.87. The number of rotatable bonds is 6. The Hall–Kier alpha value is -3.56. The number of thiophene rings is 1. The van der Waals surface area contributed by atoms with Crippen LogP contribution in [0.5, 0.6) is 0 Å². The Labute approximate surface area is 205 Å². The van der Waals surface area contributed by atoms with Gasteiger partial charge in [-0.1, -0.05) is 36.0 Å². The van der Waals surface area contributed by atoms with E-state index >= 15 is 0 Å². The molecule has 0 aliphatic heterocycles. The van der Waals surface area contributed by atoms with Crippen LogP contribution in [0.1, 0.15) is 39.3 Å². The Balaban J connectivity index is 1.37. The molecule has 0 spiro atoms. The topological polar surface area (TPSA) is 85.6 Å². The van der Waals surface area contributed by atoms with E-state index < -0.39 is 0 Å². The van der Waals surface area contributed by atoms with Gasteiger partial charge < -0.3 is 5.32 Å². The Bertz CT molecular complexity index is 1460. The number of carbonyl (C=O) groups is 1. The van der Waals surface area contributed by atoms with E-state index in [9.17, 15) is 4.79 Å². The zero-order valence-electron chi connectivity index (χ0n) is 18.9. The molecule has 0 saturated carbocycles. The van der Waals surface area contributed by atoms with Gasteiger partial charge in [0.15, 0.2) is 0 Å². The number of benzene rings is 2. The van der Waals surface area contributed by atoms with Crippen molar-refractivity contribution in [3.8, 4) is 5.69 Å². The molecule has 2 aromatic carbocycles. The maximum Gasteiger partial charge on any atom is 0.252 e. The molecule has 9 heteroatoms. The molecule has 7 nitrogen and oxygen atoms in total. The fraction of sp³-hybridized carbons (Fsp3) is 0.160. The van der Waals surface area contributed by atoms with E-state index in [4.69, 9.17) is 0 Å². The fourth-order valence-electron chi connectivity index (χ4n) is 3.69. The van der Waals surface area contributed by atoms with Crippen LogP contribution in [0.4, 0.5) is 0 Å². The number of aryl methyl sites for hydroxylation is 2. The average Bonchev–Trinajstić information content (AvgIpc) is 3.48. The van der Waals surface area contributed by atoms with Gasteiger partial charge in [0.2, 0.25) is 0 Å². The molecule has 1 amide bonds. The number of hydrogen-bond acceptors (Lipinski definition) is 7. The van der Waals surface area contributed by atoms with E-state index in [1.165, 1.54) is 28.5 Å². The highest BCUT2D eigenvalue weighted by Crippen LogP contribution is 2.38. The first kappa shape index (κ1) is 22.2. The van der Waals surface area contributed by atoms with Crippen molar-refractivity contribution in [2.75, 3.05) is 0 Å². The SMILES string of the molecule is Cc1sc2ncnc(Sc3ccccc3C(=O)NC(C)c3ccc(-n4cncn4)cc3)c2c1C. The molecule has 0 saturated heterocycles. The Morgan fingerprint density at radius 2 is 1.85 bits per heavy atom. The number of fused-ring (bicyclic) bond motifs is 1. The highest BCUT2D eigenvalue weighted by atomic mass is 32.2. The molecule has 0 bridgehead atoms. The zero-order valence-corrected chi connectivity index (χ0v) is 20.5. The fourth-order valence-corrected chi connectivity index (χ4v) is 5.83. The first-order chi connectivity index (χ1) is 16.5. The van der Waals surface area contributed by atoms with Gasteiger partial charge in [0.1, 0.15) is 28.8 Å². The summed E-state index contributed by atoms with van der Waals surface area (Å²) in [6.07, 6.45) is 4.74. The molecule has 1 atom stereocenters. The van der Waals surface area contributed by atoms with Crippen molar-refractivity contribution in [3.05, 3.63) is 89.1 Å². The lowest BCUT2D eigenvalue weighted by Crippen LogP contribution is -2.27. The molecule has 5 rings (SSSR count). The van der Waals surface area contributed by atoms with Gasteiger partial charge in [-0.25, -0.2) is 19.6 Å². The van der Waals surface area contributed by atoms with E-state index in [2.05, 4.69) is 39.2 Å². The van der Waals surface area contributed by atoms with Crippen molar-refractivity contribution >= 4 is 39.2 Å². The standard InChI is InChI=1S/C25H22N6OS2/c1-15-17(3)33-24-22(15)25(28-13-27-24)34-21-7-5-4-6-20(21)23(32)30-16(2)18-8-10-19(11-9-18)31-14-26-12-29-31/h4-14,16H,1-3H3,(H,30,32). The minimum absolute atomic E-state index is 0.125. The summed E-state index contributed by atoms with van der Waals surface area (Å²) < 4.78 is 1.70. The maximum absolute atomic E-state index is 13.3. The van der Waals surface area contributed by atoms with Gasteiger partial charge in [0.25, 0.3) is 5.91 Å². The predicted octanol–water partition coefficient (Wildman–Crippen LogP) is 5.53. The van der Waals surface area contributed by atoms with Crippen molar-refractivity contribution < 1.29 is 4.79 Å². The number of nitrogens with one attached hydrogen (secondary N) is 1. The molecule has 34 heavy (non-hydrogen) atoms. The van der Waals surface area contributed by atoms with E-state index in [-0.39, 0.29) is 11.9 Å². The van der Waals surface area contributed by atoms with E-state index in [0.29, 0.717) is 5.56 Å². The summed E-state index contributed by atoms with van der Waals surface area (Å²) >= 11 is 3.17.